The summed E-state index contributed by atoms with van der Waals surface area (Å²) >= 11 is 0. The smallest absolute Gasteiger partial charge is 0.234 e. The molecule has 2 aromatic heterocycles. The fraction of sp³-hybridized carbons (Fsp3) is 0.478. The van der Waals surface area contributed by atoms with Gasteiger partial charge in [-0.1, -0.05) is 33.6 Å². The Morgan fingerprint density at radius 3 is 2.36 bits per heavy atom. The number of hydrogen-bond acceptors (Lipinski definition) is 4. The summed E-state index contributed by atoms with van der Waals surface area (Å²) in [5, 5.41) is 0. The SMILES string of the molecule is CCCCN(CCCC)C(CC)Oc1ccc(-c2cn3cccnc3n2)cc1. The van der Waals surface area contributed by atoms with Gasteiger partial charge in [-0.3, -0.25) is 9.30 Å². The summed E-state index contributed by atoms with van der Waals surface area (Å²) in [6.45, 7) is 8.89. The van der Waals surface area contributed by atoms with Gasteiger partial charge in [0.25, 0.3) is 0 Å². The van der Waals surface area contributed by atoms with Crippen LogP contribution in [0.4, 0.5) is 0 Å². The van der Waals surface area contributed by atoms with Crippen molar-refractivity contribution in [1.82, 2.24) is 19.3 Å². The molecule has 1 aromatic carbocycles. The molecule has 2 heterocycles. The van der Waals surface area contributed by atoms with Crippen molar-refractivity contribution in [3.63, 3.8) is 0 Å². The summed E-state index contributed by atoms with van der Waals surface area (Å²) in [7, 11) is 0. The third kappa shape index (κ3) is 5.10. The number of ether oxygens (including phenoxy) is 1. The zero-order valence-electron chi connectivity index (χ0n) is 17.3. The lowest BCUT2D eigenvalue weighted by atomic mass is 10.1. The molecule has 3 aromatic rings. The Hall–Kier alpha value is -2.40. The second kappa shape index (κ2) is 10.2. The van der Waals surface area contributed by atoms with Gasteiger partial charge < -0.3 is 4.74 Å². The van der Waals surface area contributed by atoms with E-state index in [1.54, 1.807) is 6.20 Å². The highest BCUT2D eigenvalue weighted by Crippen LogP contribution is 2.23. The number of fused-ring (bicyclic) bond motifs is 1. The van der Waals surface area contributed by atoms with Crippen molar-refractivity contribution in [2.45, 2.75) is 59.1 Å². The van der Waals surface area contributed by atoms with Crippen LogP contribution in [0.25, 0.3) is 17.0 Å². The maximum Gasteiger partial charge on any atom is 0.234 e. The first kappa shape index (κ1) is 20.3. The van der Waals surface area contributed by atoms with Crippen LogP contribution in [-0.2, 0) is 0 Å². The van der Waals surface area contributed by atoms with Crippen LogP contribution < -0.4 is 4.74 Å². The lowest BCUT2D eigenvalue weighted by Gasteiger charge is -2.31. The molecule has 150 valence electrons. The Kier molecular flexibility index (Phi) is 7.43. The van der Waals surface area contributed by atoms with Crippen LogP contribution in [0.5, 0.6) is 5.75 Å². The van der Waals surface area contributed by atoms with Gasteiger partial charge in [0.2, 0.25) is 5.78 Å². The van der Waals surface area contributed by atoms with Gasteiger partial charge in [0.05, 0.1) is 5.69 Å². The Morgan fingerprint density at radius 1 is 1.04 bits per heavy atom. The van der Waals surface area contributed by atoms with Gasteiger partial charge in [-0.15, -0.1) is 0 Å². The van der Waals surface area contributed by atoms with E-state index in [0.29, 0.717) is 5.78 Å². The molecule has 0 aliphatic heterocycles. The van der Waals surface area contributed by atoms with E-state index in [0.717, 1.165) is 36.5 Å². The number of nitrogens with zero attached hydrogens (tertiary/aromatic N) is 4. The molecule has 0 N–H and O–H groups in total. The third-order valence-corrected chi connectivity index (χ3v) is 5.01. The van der Waals surface area contributed by atoms with E-state index in [1.807, 2.05) is 35.0 Å². The van der Waals surface area contributed by atoms with Crippen molar-refractivity contribution in [1.29, 1.82) is 0 Å². The monoisotopic (exact) mass is 380 g/mol. The van der Waals surface area contributed by atoms with Gasteiger partial charge in [-0.25, -0.2) is 9.97 Å². The summed E-state index contributed by atoms with van der Waals surface area (Å²) in [6.07, 6.45) is 11.7. The summed E-state index contributed by atoms with van der Waals surface area (Å²) in [5.41, 5.74) is 1.99. The molecule has 3 rings (SSSR count). The topological polar surface area (TPSA) is 42.7 Å². The van der Waals surface area contributed by atoms with E-state index in [-0.39, 0.29) is 6.23 Å². The minimum atomic E-state index is 0.128. The third-order valence-electron chi connectivity index (χ3n) is 5.01. The number of aromatic nitrogens is 3. The van der Waals surface area contributed by atoms with Gasteiger partial charge >= 0.3 is 0 Å². The van der Waals surface area contributed by atoms with E-state index < -0.39 is 0 Å². The van der Waals surface area contributed by atoms with Gasteiger partial charge in [0.15, 0.2) is 6.23 Å². The normalized spacial score (nSPS) is 12.6. The summed E-state index contributed by atoms with van der Waals surface area (Å²) in [5.74, 6) is 1.63. The van der Waals surface area contributed by atoms with Crippen molar-refractivity contribution in [3.8, 4) is 17.0 Å². The van der Waals surface area contributed by atoms with Gasteiger partial charge in [0, 0.05) is 37.2 Å². The standard InChI is InChI=1S/C23H32N4O/c1-4-7-15-26(16-8-5-2)22(6-3)28-20-12-10-19(11-13-20)21-18-27-17-9-14-24-23(27)25-21/h9-14,17-18,22H,4-8,15-16H2,1-3H3. The number of imidazole rings is 1. The second-order valence-corrected chi connectivity index (χ2v) is 7.20. The number of benzene rings is 1. The van der Waals surface area contributed by atoms with E-state index >= 15 is 0 Å². The summed E-state index contributed by atoms with van der Waals surface area (Å²) < 4.78 is 8.29. The number of unbranched alkanes of at least 4 members (excludes halogenated alkanes) is 2. The highest BCUT2D eigenvalue weighted by atomic mass is 16.5. The van der Waals surface area contributed by atoms with Crippen molar-refractivity contribution in [2.75, 3.05) is 13.1 Å². The first-order valence-electron chi connectivity index (χ1n) is 10.6. The van der Waals surface area contributed by atoms with Crippen LogP contribution in [0, 0.1) is 0 Å². The molecule has 0 bridgehead atoms. The van der Waals surface area contributed by atoms with Gasteiger partial charge in [0.1, 0.15) is 5.75 Å². The Balaban J connectivity index is 1.70. The Morgan fingerprint density at radius 2 is 1.75 bits per heavy atom. The maximum absolute atomic E-state index is 6.36. The maximum atomic E-state index is 6.36. The Bertz CT molecular complexity index is 802. The molecule has 0 aliphatic carbocycles. The largest absolute Gasteiger partial charge is 0.475 e. The van der Waals surface area contributed by atoms with Gasteiger partial charge in [-0.2, -0.15) is 0 Å². The number of hydrogen-bond donors (Lipinski definition) is 0. The molecule has 5 nitrogen and oxygen atoms in total. The van der Waals surface area contributed by atoms with Crippen LogP contribution >= 0.6 is 0 Å². The molecule has 0 saturated carbocycles. The lowest BCUT2D eigenvalue weighted by molar-refractivity contribution is 0.0202. The van der Waals surface area contributed by atoms with Crippen molar-refractivity contribution in [3.05, 3.63) is 48.9 Å². The van der Waals surface area contributed by atoms with Crippen LogP contribution in [0.3, 0.4) is 0 Å². The van der Waals surface area contributed by atoms with Crippen LogP contribution in [0.2, 0.25) is 0 Å². The zero-order valence-corrected chi connectivity index (χ0v) is 17.3. The molecular weight excluding hydrogens is 348 g/mol. The highest BCUT2D eigenvalue weighted by Gasteiger charge is 2.17. The van der Waals surface area contributed by atoms with Gasteiger partial charge in [-0.05, 0) is 49.6 Å². The average molecular weight is 381 g/mol. The molecule has 5 heteroatoms. The molecular formula is C23H32N4O. The number of rotatable bonds is 11. The van der Waals surface area contributed by atoms with E-state index in [1.165, 1.54) is 25.7 Å². The summed E-state index contributed by atoms with van der Waals surface area (Å²) in [4.78, 5) is 11.4. The minimum absolute atomic E-state index is 0.128. The molecule has 1 unspecified atom stereocenters. The fourth-order valence-corrected chi connectivity index (χ4v) is 3.37. The van der Waals surface area contributed by atoms with Crippen LogP contribution in [0.1, 0.15) is 52.9 Å². The van der Waals surface area contributed by atoms with Crippen molar-refractivity contribution >= 4 is 5.78 Å². The quantitative estimate of drug-likeness (QED) is 0.417. The first-order chi connectivity index (χ1) is 13.7. The molecule has 0 saturated heterocycles. The van der Waals surface area contributed by atoms with Crippen LogP contribution in [-0.4, -0.2) is 38.6 Å². The molecule has 1 atom stereocenters. The molecule has 0 amide bonds. The van der Waals surface area contributed by atoms with E-state index in [4.69, 9.17) is 4.74 Å². The fourth-order valence-electron chi connectivity index (χ4n) is 3.37. The summed E-state index contributed by atoms with van der Waals surface area (Å²) in [6, 6.07) is 10.2. The molecule has 0 fully saturated rings. The molecule has 0 radical (unpaired) electrons. The first-order valence-corrected chi connectivity index (χ1v) is 10.6. The van der Waals surface area contributed by atoms with Crippen molar-refractivity contribution in [2.24, 2.45) is 0 Å². The highest BCUT2D eigenvalue weighted by molar-refractivity contribution is 5.62. The lowest BCUT2D eigenvalue weighted by Crippen LogP contribution is -2.40. The predicted molar refractivity (Wildman–Crippen MR) is 115 cm³/mol. The average Bonchev–Trinajstić information content (AvgIpc) is 3.17. The molecule has 28 heavy (non-hydrogen) atoms. The molecule has 0 spiro atoms. The molecule has 0 aliphatic rings. The van der Waals surface area contributed by atoms with E-state index in [9.17, 15) is 0 Å². The Labute approximate surface area is 168 Å². The second-order valence-electron chi connectivity index (χ2n) is 7.20. The van der Waals surface area contributed by atoms with Crippen LogP contribution in [0.15, 0.2) is 48.9 Å². The minimum Gasteiger partial charge on any atom is -0.475 e. The van der Waals surface area contributed by atoms with E-state index in [2.05, 4.69) is 47.8 Å². The van der Waals surface area contributed by atoms with Crippen molar-refractivity contribution < 1.29 is 4.74 Å². The predicted octanol–water partition coefficient (Wildman–Crippen LogP) is 5.41. The zero-order chi connectivity index (χ0) is 19.8.